The van der Waals surface area contributed by atoms with E-state index in [-0.39, 0.29) is 5.91 Å². The van der Waals surface area contributed by atoms with Crippen LogP contribution in [-0.2, 0) is 5.33 Å². The zero-order valence-electron chi connectivity index (χ0n) is 9.49. The number of nitrogens with one attached hydrogen (secondary N) is 1. The highest BCUT2D eigenvalue weighted by atomic mass is 79.9. The van der Waals surface area contributed by atoms with Crippen molar-refractivity contribution in [3.8, 4) is 0 Å². The molecule has 0 unspecified atom stereocenters. The highest BCUT2D eigenvalue weighted by Gasteiger charge is 2.05. The quantitative estimate of drug-likeness (QED) is 0.788. The van der Waals surface area contributed by atoms with E-state index in [0.717, 1.165) is 15.5 Å². The minimum absolute atomic E-state index is 0.103. The summed E-state index contributed by atoms with van der Waals surface area (Å²) in [5.41, 5.74) is 2.62. The van der Waals surface area contributed by atoms with Crippen LogP contribution in [0, 0.1) is 0 Å². The van der Waals surface area contributed by atoms with Gasteiger partial charge in [-0.1, -0.05) is 44.0 Å². The Balaban J connectivity index is 2.08. The molecular formula is C14H11Br2NO. The fourth-order valence-electron chi connectivity index (χ4n) is 1.48. The Morgan fingerprint density at radius 3 is 2.17 bits per heavy atom. The molecule has 0 heterocycles. The molecule has 0 bridgehead atoms. The van der Waals surface area contributed by atoms with E-state index in [4.69, 9.17) is 0 Å². The van der Waals surface area contributed by atoms with Gasteiger partial charge in [0.2, 0.25) is 0 Å². The number of hydrogen-bond donors (Lipinski definition) is 1. The maximum atomic E-state index is 11.9. The third kappa shape index (κ3) is 3.43. The second-order valence-electron chi connectivity index (χ2n) is 3.79. The molecule has 0 fully saturated rings. The van der Waals surface area contributed by atoms with Crippen LogP contribution >= 0.6 is 31.9 Å². The number of rotatable bonds is 3. The molecule has 2 rings (SSSR count). The van der Waals surface area contributed by atoms with E-state index in [0.29, 0.717) is 5.56 Å². The highest BCUT2D eigenvalue weighted by molar-refractivity contribution is 9.10. The zero-order valence-corrected chi connectivity index (χ0v) is 12.7. The number of carbonyl (C=O) groups is 1. The van der Waals surface area contributed by atoms with Gasteiger partial charge in [0, 0.05) is 21.1 Å². The van der Waals surface area contributed by atoms with Crippen molar-refractivity contribution in [2.45, 2.75) is 5.33 Å². The lowest BCUT2D eigenvalue weighted by Gasteiger charge is -2.06. The van der Waals surface area contributed by atoms with E-state index >= 15 is 0 Å². The first kappa shape index (κ1) is 13.3. The van der Waals surface area contributed by atoms with E-state index in [1.165, 1.54) is 5.56 Å². The van der Waals surface area contributed by atoms with E-state index in [9.17, 15) is 4.79 Å². The summed E-state index contributed by atoms with van der Waals surface area (Å²) in [5, 5.41) is 3.67. The fraction of sp³-hybridized carbons (Fsp3) is 0.0714. The van der Waals surface area contributed by atoms with Crippen molar-refractivity contribution in [3.63, 3.8) is 0 Å². The van der Waals surface area contributed by atoms with Crippen LogP contribution in [0.25, 0.3) is 0 Å². The molecule has 0 spiro atoms. The summed E-state index contributed by atoms with van der Waals surface area (Å²) in [6.07, 6.45) is 0. The highest BCUT2D eigenvalue weighted by Crippen LogP contribution is 2.15. The molecule has 0 aliphatic heterocycles. The van der Waals surface area contributed by atoms with Crippen LogP contribution in [0.3, 0.4) is 0 Å². The molecule has 0 atom stereocenters. The first-order chi connectivity index (χ1) is 8.69. The van der Waals surface area contributed by atoms with Crippen molar-refractivity contribution in [1.82, 2.24) is 0 Å². The van der Waals surface area contributed by atoms with Gasteiger partial charge in [-0.25, -0.2) is 0 Å². The van der Waals surface area contributed by atoms with Gasteiger partial charge in [0.05, 0.1) is 0 Å². The maximum Gasteiger partial charge on any atom is 0.255 e. The molecule has 0 aromatic heterocycles. The van der Waals surface area contributed by atoms with Gasteiger partial charge >= 0.3 is 0 Å². The second-order valence-corrected chi connectivity index (χ2v) is 5.27. The Morgan fingerprint density at radius 2 is 1.61 bits per heavy atom. The molecule has 0 saturated carbocycles. The number of anilines is 1. The number of amides is 1. The van der Waals surface area contributed by atoms with Gasteiger partial charge in [-0.15, -0.1) is 0 Å². The second kappa shape index (κ2) is 6.16. The normalized spacial score (nSPS) is 10.1. The van der Waals surface area contributed by atoms with Crippen LogP contribution in [0.15, 0.2) is 53.0 Å². The molecule has 1 N–H and O–H groups in total. The predicted molar refractivity (Wildman–Crippen MR) is 81.2 cm³/mol. The van der Waals surface area contributed by atoms with Gasteiger partial charge in [0.15, 0.2) is 0 Å². The predicted octanol–water partition coefficient (Wildman–Crippen LogP) is 4.60. The Kier molecular flexibility index (Phi) is 4.55. The van der Waals surface area contributed by atoms with Crippen LogP contribution in [0.2, 0.25) is 0 Å². The van der Waals surface area contributed by atoms with Gasteiger partial charge in [0.1, 0.15) is 0 Å². The third-order valence-corrected chi connectivity index (χ3v) is 3.65. The van der Waals surface area contributed by atoms with Gasteiger partial charge < -0.3 is 5.32 Å². The van der Waals surface area contributed by atoms with Crippen LogP contribution in [-0.4, -0.2) is 5.91 Å². The lowest BCUT2D eigenvalue weighted by Crippen LogP contribution is -2.11. The molecule has 1 amide bonds. The Morgan fingerprint density at radius 1 is 1.00 bits per heavy atom. The van der Waals surface area contributed by atoms with Crippen molar-refractivity contribution in [2.75, 3.05) is 5.32 Å². The summed E-state index contributed by atoms with van der Waals surface area (Å²) in [6, 6.07) is 15.0. The van der Waals surface area contributed by atoms with E-state index < -0.39 is 0 Å². The van der Waals surface area contributed by atoms with Crippen LogP contribution < -0.4 is 5.32 Å². The SMILES string of the molecule is O=C(Nc1ccc(CBr)cc1)c1ccc(Br)cc1. The van der Waals surface area contributed by atoms with E-state index in [1.54, 1.807) is 12.1 Å². The fourth-order valence-corrected chi connectivity index (χ4v) is 2.12. The summed E-state index contributed by atoms with van der Waals surface area (Å²) in [7, 11) is 0. The molecule has 4 heteroatoms. The molecule has 18 heavy (non-hydrogen) atoms. The number of benzene rings is 2. The van der Waals surface area contributed by atoms with Crippen molar-refractivity contribution in [2.24, 2.45) is 0 Å². The average molecular weight is 369 g/mol. The Bertz CT molecular complexity index is 535. The van der Waals surface area contributed by atoms with Gasteiger partial charge in [-0.3, -0.25) is 4.79 Å². The van der Waals surface area contributed by atoms with Crippen molar-refractivity contribution in [3.05, 3.63) is 64.1 Å². The molecule has 2 aromatic rings. The number of alkyl halides is 1. The minimum Gasteiger partial charge on any atom is -0.322 e. The molecule has 2 nitrogen and oxygen atoms in total. The summed E-state index contributed by atoms with van der Waals surface area (Å²) in [4.78, 5) is 11.9. The molecule has 92 valence electrons. The molecule has 0 radical (unpaired) electrons. The van der Waals surface area contributed by atoms with Crippen molar-refractivity contribution in [1.29, 1.82) is 0 Å². The van der Waals surface area contributed by atoms with E-state index in [1.807, 2.05) is 36.4 Å². The lowest BCUT2D eigenvalue weighted by atomic mass is 10.2. The Labute approximate surface area is 123 Å². The monoisotopic (exact) mass is 367 g/mol. The van der Waals surface area contributed by atoms with Crippen LogP contribution in [0.5, 0.6) is 0 Å². The third-order valence-electron chi connectivity index (χ3n) is 2.47. The first-order valence-electron chi connectivity index (χ1n) is 5.41. The van der Waals surface area contributed by atoms with Gasteiger partial charge in [-0.05, 0) is 42.0 Å². The summed E-state index contributed by atoms with van der Waals surface area (Å²) in [5.74, 6) is -0.103. The number of carbonyl (C=O) groups excluding carboxylic acids is 1. The molecule has 0 saturated heterocycles. The maximum absolute atomic E-state index is 11.9. The Hall–Kier alpha value is -1.13. The molecule has 2 aromatic carbocycles. The topological polar surface area (TPSA) is 29.1 Å². The van der Waals surface area contributed by atoms with Crippen molar-refractivity contribution < 1.29 is 4.79 Å². The summed E-state index contributed by atoms with van der Waals surface area (Å²) >= 11 is 6.73. The lowest BCUT2D eigenvalue weighted by molar-refractivity contribution is 0.102. The zero-order chi connectivity index (χ0) is 13.0. The summed E-state index contributed by atoms with van der Waals surface area (Å²) < 4.78 is 0.959. The smallest absolute Gasteiger partial charge is 0.255 e. The molecule has 0 aliphatic rings. The van der Waals surface area contributed by atoms with Crippen LogP contribution in [0.1, 0.15) is 15.9 Å². The van der Waals surface area contributed by atoms with Gasteiger partial charge in [-0.2, -0.15) is 0 Å². The number of hydrogen-bond acceptors (Lipinski definition) is 1. The molecule has 0 aliphatic carbocycles. The largest absolute Gasteiger partial charge is 0.322 e. The van der Waals surface area contributed by atoms with Crippen molar-refractivity contribution >= 4 is 43.5 Å². The average Bonchev–Trinajstić information content (AvgIpc) is 2.40. The number of halogens is 2. The van der Waals surface area contributed by atoms with E-state index in [2.05, 4.69) is 37.2 Å². The molecular weight excluding hydrogens is 358 g/mol. The first-order valence-corrected chi connectivity index (χ1v) is 7.32. The van der Waals surface area contributed by atoms with Crippen LogP contribution in [0.4, 0.5) is 5.69 Å². The van der Waals surface area contributed by atoms with Gasteiger partial charge in [0.25, 0.3) is 5.91 Å². The standard InChI is InChI=1S/C14H11Br2NO/c15-9-10-1-7-13(8-2-10)17-14(18)11-3-5-12(16)6-4-11/h1-8H,9H2,(H,17,18). The summed E-state index contributed by atoms with van der Waals surface area (Å²) in [6.45, 7) is 0. The minimum atomic E-state index is -0.103.